The number of nitrogens with zero attached hydrogens (tertiary/aromatic N) is 3. The van der Waals surface area contributed by atoms with E-state index in [1.54, 1.807) is 6.20 Å². The number of hydrogen-bond donors (Lipinski definition) is 0. The molecule has 0 aromatic carbocycles. The second kappa shape index (κ2) is 2.67. The number of hydrogen-bond acceptors (Lipinski definition) is 3. The van der Waals surface area contributed by atoms with Crippen molar-refractivity contribution in [3.05, 3.63) is 17.0 Å². The number of anilines is 1. The van der Waals surface area contributed by atoms with Crippen molar-refractivity contribution < 1.29 is 0 Å². The quantitative estimate of drug-likeness (QED) is 0.749. The van der Waals surface area contributed by atoms with Crippen molar-refractivity contribution in [2.24, 2.45) is 5.92 Å². The van der Waals surface area contributed by atoms with Gasteiger partial charge in [0.05, 0.1) is 12.4 Å². The molecule has 0 bridgehead atoms. The third-order valence-corrected chi connectivity index (χ3v) is 3.30. The Bertz CT molecular complexity index is 341. The molecule has 3 nitrogen and oxygen atoms in total. The highest BCUT2D eigenvalue weighted by molar-refractivity contribution is 9.10. The third kappa shape index (κ3) is 1.24. The minimum Gasteiger partial charge on any atom is -0.352 e. The lowest BCUT2D eigenvalue weighted by molar-refractivity contribution is 0.789. The van der Waals surface area contributed by atoms with Crippen molar-refractivity contribution in [3.63, 3.8) is 0 Å². The first-order valence-electron chi connectivity index (χ1n) is 4.59. The van der Waals surface area contributed by atoms with Crippen molar-refractivity contribution in [2.75, 3.05) is 11.4 Å². The minimum atomic E-state index is 0.767. The number of rotatable bonds is 1. The van der Waals surface area contributed by atoms with Crippen LogP contribution in [0.15, 0.2) is 17.0 Å². The molecule has 1 aromatic heterocycles. The Morgan fingerprint density at radius 2 is 2.38 bits per heavy atom. The van der Waals surface area contributed by atoms with Gasteiger partial charge in [0.1, 0.15) is 10.4 Å². The monoisotopic (exact) mass is 239 g/mol. The van der Waals surface area contributed by atoms with Crippen LogP contribution in [-0.2, 0) is 0 Å². The summed E-state index contributed by atoms with van der Waals surface area (Å²) in [5.74, 6) is 1.97. The van der Waals surface area contributed by atoms with Crippen molar-refractivity contribution >= 4 is 21.7 Å². The van der Waals surface area contributed by atoms with Crippen LogP contribution in [0.4, 0.5) is 5.82 Å². The summed E-state index contributed by atoms with van der Waals surface area (Å²) in [4.78, 5) is 10.9. The molecule has 1 saturated heterocycles. The van der Waals surface area contributed by atoms with Gasteiger partial charge < -0.3 is 4.90 Å². The van der Waals surface area contributed by atoms with E-state index < -0.39 is 0 Å². The summed E-state index contributed by atoms with van der Waals surface area (Å²) in [6.07, 6.45) is 6.27. The highest BCUT2D eigenvalue weighted by Crippen LogP contribution is 2.45. The molecule has 1 aliphatic carbocycles. The average molecular weight is 240 g/mol. The minimum absolute atomic E-state index is 0.767. The summed E-state index contributed by atoms with van der Waals surface area (Å²) < 4.78 is 0.828. The van der Waals surface area contributed by atoms with E-state index >= 15 is 0 Å². The molecule has 2 fully saturated rings. The van der Waals surface area contributed by atoms with Crippen LogP contribution in [0, 0.1) is 5.92 Å². The fourth-order valence-electron chi connectivity index (χ4n) is 2.15. The molecular weight excluding hydrogens is 230 g/mol. The molecule has 4 heteroatoms. The molecule has 2 aliphatic rings. The van der Waals surface area contributed by atoms with Crippen molar-refractivity contribution in [2.45, 2.75) is 18.9 Å². The summed E-state index contributed by atoms with van der Waals surface area (Å²) in [7, 11) is 0. The molecule has 3 rings (SSSR count). The zero-order chi connectivity index (χ0) is 8.84. The fraction of sp³-hybridized carbons (Fsp3) is 0.556. The van der Waals surface area contributed by atoms with Crippen molar-refractivity contribution in [1.82, 2.24) is 9.97 Å². The van der Waals surface area contributed by atoms with E-state index in [2.05, 4.69) is 30.8 Å². The van der Waals surface area contributed by atoms with Gasteiger partial charge in [-0.2, -0.15) is 0 Å². The zero-order valence-electron chi connectivity index (χ0n) is 7.15. The highest BCUT2D eigenvalue weighted by atomic mass is 79.9. The number of piperidine rings is 1. The molecule has 13 heavy (non-hydrogen) atoms. The van der Waals surface area contributed by atoms with Crippen LogP contribution in [0.1, 0.15) is 12.8 Å². The van der Waals surface area contributed by atoms with Crippen LogP contribution in [0.3, 0.4) is 0 Å². The van der Waals surface area contributed by atoms with Crippen LogP contribution in [-0.4, -0.2) is 22.6 Å². The topological polar surface area (TPSA) is 29.0 Å². The van der Waals surface area contributed by atoms with E-state index in [4.69, 9.17) is 0 Å². The second-order valence-corrected chi connectivity index (χ2v) is 4.56. The first-order valence-corrected chi connectivity index (χ1v) is 5.38. The van der Waals surface area contributed by atoms with Gasteiger partial charge in [0.25, 0.3) is 0 Å². The van der Waals surface area contributed by atoms with Gasteiger partial charge in [-0.15, -0.1) is 0 Å². The van der Waals surface area contributed by atoms with Crippen LogP contribution < -0.4 is 4.90 Å². The van der Waals surface area contributed by atoms with Gasteiger partial charge in [0, 0.05) is 12.6 Å². The van der Waals surface area contributed by atoms with Gasteiger partial charge in [0.2, 0.25) is 0 Å². The molecule has 0 N–H and O–H groups in total. The van der Waals surface area contributed by atoms with Gasteiger partial charge in [-0.05, 0) is 34.7 Å². The van der Waals surface area contributed by atoms with Gasteiger partial charge in [0.15, 0.2) is 0 Å². The maximum absolute atomic E-state index is 4.41. The molecule has 0 spiro atoms. The van der Waals surface area contributed by atoms with Gasteiger partial charge >= 0.3 is 0 Å². The number of fused-ring (bicyclic) bond motifs is 1. The normalized spacial score (nSPS) is 30.4. The Morgan fingerprint density at radius 1 is 1.46 bits per heavy atom. The Kier molecular flexibility index (Phi) is 1.59. The Hall–Kier alpha value is -0.640. The number of halogens is 1. The first-order chi connectivity index (χ1) is 6.34. The summed E-state index contributed by atoms with van der Waals surface area (Å²) in [6, 6.07) is 0.767. The molecular formula is C9H10BrN3. The van der Waals surface area contributed by atoms with Gasteiger partial charge in [-0.25, -0.2) is 4.98 Å². The molecule has 2 atom stereocenters. The van der Waals surface area contributed by atoms with E-state index in [9.17, 15) is 0 Å². The zero-order valence-corrected chi connectivity index (χ0v) is 8.74. The first kappa shape index (κ1) is 7.74. The lowest BCUT2D eigenvalue weighted by Crippen LogP contribution is -2.23. The summed E-state index contributed by atoms with van der Waals surface area (Å²) in [5, 5.41) is 0. The molecule has 1 aliphatic heterocycles. The molecule has 0 amide bonds. The maximum Gasteiger partial charge on any atom is 0.148 e. The summed E-state index contributed by atoms with van der Waals surface area (Å²) >= 11 is 3.34. The smallest absolute Gasteiger partial charge is 0.148 e. The van der Waals surface area contributed by atoms with Gasteiger partial charge in [-0.3, -0.25) is 4.98 Å². The van der Waals surface area contributed by atoms with E-state index in [0.29, 0.717) is 0 Å². The Morgan fingerprint density at radius 3 is 3.00 bits per heavy atom. The van der Waals surface area contributed by atoms with E-state index in [1.807, 2.05) is 6.20 Å². The predicted octanol–water partition coefficient (Wildman–Crippen LogP) is 1.84. The van der Waals surface area contributed by atoms with E-state index in [1.165, 1.54) is 12.8 Å². The SMILES string of the molecule is Brc1cncc(N2CC[C@@H]3C[C@H]32)n1. The molecule has 68 valence electrons. The molecule has 1 aromatic rings. The molecule has 0 radical (unpaired) electrons. The van der Waals surface area contributed by atoms with Crippen LogP contribution in [0.2, 0.25) is 0 Å². The molecule has 0 unspecified atom stereocenters. The maximum atomic E-state index is 4.41. The fourth-order valence-corrected chi connectivity index (χ4v) is 2.45. The highest BCUT2D eigenvalue weighted by Gasteiger charge is 2.47. The molecule has 2 heterocycles. The van der Waals surface area contributed by atoms with Crippen LogP contribution in [0.5, 0.6) is 0 Å². The Labute approximate surface area is 85.3 Å². The largest absolute Gasteiger partial charge is 0.352 e. The second-order valence-electron chi connectivity index (χ2n) is 3.75. The average Bonchev–Trinajstić information content (AvgIpc) is 2.78. The standard InChI is InChI=1S/C9H10BrN3/c10-8-4-11-5-9(12-8)13-2-1-6-3-7(6)13/h4-7H,1-3H2/t6-,7-/m1/s1. The van der Waals surface area contributed by atoms with Crippen molar-refractivity contribution in [1.29, 1.82) is 0 Å². The third-order valence-electron chi connectivity index (χ3n) is 2.91. The molecule has 1 saturated carbocycles. The van der Waals surface area contributed by atoms with E-state index in [0.717, 1.165) is 28.9 Å². The van der Waals surface area contributed by atoms with Crippen molar-refractivity contribution in [3.8, 4) is 0 Å². The lowest BCUT2D eigenvalue weighted by Gasteiger charge is -2.18. The van der Waals surface area contributed by atoms with E-state index in [-0.39, 0.29) is 0 Å². The van der Waals surface area contributed by atoms with Gasteiger partial charge in [-0.1, -0.05) is 0 Å². The predicted molar refractivity (Wildman–Crippen MR) is 53.6 cm³/mol. The summed E-state index contributed by atoms with van der Waals surface area (Å²) in [6.45, 7) is 1.15. The number of aromatic nitrogens is 2. The summed E-state index contributed by atoms with van der Waals surface area (Å²) in [5.41, 5.74) is 0. The van der Waals surface area contributed by atoms with Crippen LogP contribution >= 0.6 is 15.9 Å². The Balaban J connectivity index is 1.91. The van der Waals surface area contributed by atoms with Crippen LogP contribution in [0.25, 0.3) is 0 Å². The lowest BCUT2D eigenvalue weighted by atomic mass is 10.3.